The number of likely N-dealkylation sites (tertiary alicyclic amines) is 1. The number of hydrogen-bond acceptors (Lipinski definition) is 2. The topological polar surface area (TPSA) is 40.5 Å². The van der Waals surface area contributed by atoms with Crippen molar-refractivity contribution in [2.75, 3.05) is 13.1 Å². The largest absolute Gasteiger partial charge is 0.390 e. The van der Waals surface area contributed by atoms with Gasteiger partial charge < -0.3 is 10.0 Å². The van der Waals surface area contributed by atoms with E-state index < -0.39 is 11.4 Å². The summed E-state index contributed by atoms with van der Waals surface area (Å²) >= 11 is 3.28. The molecule has 1 heterocycles. The molecule has 0 radical (unpaired) electrons. The van der Waals surface area contributed by atoms with Crippen LogP contribution in [0.4, 0.5) is 4.39 Å². The van der Waals surface area contributed by atoms with Crippen molar-refractivity contribution in [3.63, 3.8) is 0 Å². The molecule has 1 saturated heterocycles. The molecule has 1 N–H and O–H groups in total. The lowest BCUT2D eigenvalue weighted by atomic mass is 9.98. The Hall–Kier alpha value is -0.940. The zero-order valence-corrected chi connectivity index (χ0v) is 12.4. The number of rotatable bonds is 1. The molecule has 19 heavy (non-hydrogen) atoms. The lowest BCUT2D eigenvalue weighted by Gasteiger charge is -2.23. The molecule has 1 aromatic rings. The average Bonchev–Trinajstić information content (AvgIpc) is 2.52. The summed E-state index contributed by atoms with van der Waals surface area (Å²) < 4.78 is 13.8. The maximum atomic E-state index is 13.2. The summed E-state index contributed by atoms with van der Waals surface area (Å²) in [6.07, 6.45) is 1.98. The van der Waals surface area contributed by atoms with E-state index in [1.807, 2.05) is 0 Å². The molecule has 3 nitrogen and oxygen atoms in total. The minimum atomic E-state index is -0.714. The first-order valence-electron chi connectivity index (χ1n) is 6.36. The predicted octanol–water partition coefficient (Wildman–Crippen LogP) is 2.97. The zero-order chi connectivity index (χ0) is 14.0. The Morgan fingerprint density at radius 2 is 2.16 bits per heavy atom. The second-order valence-electron chi connectivity index (χ2n) is 5.27. The van der Waals surface area contributed by atoms with Crippen molar-refractivity contribution in [1.82, 2.24) is 4.90 Å². The molecular formula is C14H17BrFNO2. The quantitative estimate of drug-likeness (QED) is 0.860. The van der Waals surface area contributed by atoms with E-state index in [9.17, 15) is 14.3 Å². The molecule has 5 heteroatoms. The number of hydrogen-bond donors (Lipinski definition) is 1. The average molecular weight is 330 g/mol. The highest BCUT2D eigenvalue weighted by Crippen LogP contribution is 2.25. The van der Waals surface area contributed by atoms with Gasteiger partial charge in [-0.05, 0) is 60.3 Å². The molecular weight excluding hydrogens is 313 g/mol. The van der Waals surface area contributed by atoms with Crippen molar-refractivity contribution in [3.8, 4) is 0 Å². The lowest BCUT2D eigenvalue weighted by molar-refractivity contribution is 0.0437. The molecule has 1 fully saturated rings. The maximum absolute atomic E-state index is 13.2. The number of benzene rings is 1. The van der Waals surface area contributed by atoms with Crippen LogP contribution in [-0.2, 0) is 0 Å². The van der Waals surface area contributed by atoms with E-state index in [4.69, 9.17) is 0 Å². The fourth-order valence-electron chi connectivity index (χ4n) is 2.30. The van der Waals surface area contributed by atoms with Gasteiger partial charge in [-0.1, -0.05) is 0 Å². The van der Waals surface area contributed by atoms with E-state index >= 15 is 0 Å². The van der Waals surface area contributed by atoms with Gasteiger partial charge in [0, 0.05) is 17.6 Å². The van der Waals surface area contributed by atoms with Crippen molar-refractivity contribution < 1.29 is 14.3 Å². The molecule has 0 aliphatic carbocycles. The third-order valence-electron chi connectivity index (χ3n) is 3.51. The van der Waals surface area contributed by atoms with Crippen LogP contribution in [0.25, 0.3) is 0 Å². The molecule has 1 atom stereocenters. The molecule has 0 aromatic heterocycles. The summed E-state index contributed by atoms with van der Waals surface area (Å²) in [6, 6.07) is 4.10. The number of carbonyl (C=O) groups excluding carboxylic acids is 1. The maximum Gasteiger partial charge on any atom is 0.255 e. The standard InChI is InChI=1S/C14H17BrFNO2/c1-14(19)5-2-7-17(8-6-14)13(18)11-9-10(16)3-4-12(11)15/h3-4,9,19H,2,5-8H2,1H3. The van der Waals surface area contributed by atoms with E-state index in [2.05, 4.69) is 15.9 Å². The highest BCUT2D eigenvalue weighted by molar-refractivity contribution is 9.10. The van der Waals surface area contributed by atoms with Gasteiger partial charge in [-0.2, -0.15) is 0 Å². The summed E-state index contributed by atoms with van der Waals surface area (Å²) in [5, 5.41) is 10.0. The highest BCUT2D eigenvalue weighted by atomic mass is 79.9. The van der Waals surface area contributed by atoms with Crippen molar-refractivity contribution in [2.45, 2.75) is 31.8 Å². The van der Waals surface area contributed by atoms with Crippen LogP contribution in [0.15, 0.2) is 22.7 Å². The second-order valence-corrected chi connectivity index (χ2v) is 6.12. The Balaban J connectivity index is 2.17. The van der Waals surface area contributed by atoms with Crippen LogP contribution in [0, 0.1) is 5.82 Å². The fourth-order valence-corrected chi connectivity index (χ4v) is 2.71. The zero-order valence-electron chi connectivity index (χ0n) is 10.8. The van der Waals surface area contributed by atoms with Crippen LogP contribution in [0.1, 0.15) is 36.5 Å². The van der Waals surface area contributed by atoms with Crippen molar-refractivity contribution in [2.24, 2.45) is 0 Å². The van der Waals surface area contributed by atoms with E-state index in [1.165, 1.54) is 18.2 Å². The van der Waals surface area contributed by atoms with E-state index in [-0.39, 0.29) is 5.91 Å². The molecule has 0 bridgehead atoms. The smallest absolute Gasteiger partial charge is 0.255 e. The molecule has 2 rings (SSSR count). The Kier molecular flexibility index (Phi) is 4.26. The van der Waals surface area contributed by atoms with Gasteiger partial charge in [-0.25, -0.2) is 4.39 Å². The summed E-state index contributed by atoms with van der Waals surface area (Å²) in [6.45, 7) is 2.88. The Labute approximate surface area is 120 Å². The van der Waals surface area contributed by atoms with Crippen LogP contribution in [0.2, 0.25) is 0 Å². The molecule has 1 aromatic carbocycles. The monoisotopic (exact) mass is 329 g/mol. The third kappa shape index (κ3) is 3.54. The van der Waals surface area contributed by atoms with E-state index in [1.54, 1.807) is 11.8 Å². The first-order chi connectivity index (χ1) is 8.89. The Morgan fingerprint density at radius 1 is 1.42 bits per heavy atom. The summed E-state index contributed by atoms with van der Waals surface area (Å²) in [4.78, 5) is 14.1. The van der Waals surface area contributed by atoms with Crippen molar-refractivity contribution in [3.05, 3.63) is 34.1 Å². The molecule has 1 aliphatic heterocycles. The van der Waals surface area contributed by atoms with Crippen LogP contribution in [0.3, 0.4) is 0 Å². The van der Waals surface area contributed by atoms with Gasteiger partial charge in [0.25, 0.3) is 5.91 Å². The van der Waals surface area contributed by atoms with Gasteiger partial charge in [-0.15, -0.1) is 0 Å². The molecule has 0 saturated carbocycles. The normalized spacial score (nSPS) is 24.1. The minimum Gasteiger partial charge on any atom is -0.390 e. The fraction of sp³-hybridized carbons (Fsp3) is 0.500. The molecule has 104 valence electrons. The van der Waals surface area contributed by atoms with Crippen molar-refractivity contribution >= 4 is 21.8 Å². The Bertz CT molecular complexity index is 490. The lowest BCUT2D eigenvalue weighted by Crippen LogP contribution is -2.33. The first-order valence-corrected chi connectivity index (χ1v) is 7.15. The SMILES string of the molecule is CC1(O)CCCN(C(=O)c2cc(F)ccc2Br)CC1. The molecule has 0 spiro atoms. The van der Waals surface area contributed by atoms with Crippen LogP contribution in [0.5, 0.6) is 0 Å². The number of nitrogens with zero attached hydrogens (tertiary/aromatic N) is 1. The van der Waals surface area contributed by atoms with Gasteiger partial charge in [-0.3, -0.25) is 4.79 Å². The van der Waals surface area contributed by atoms with Gasteiger partial charge in [0.15, 0.2) is 0 Å². The van der Waals surface area contributed by atoms with E-state index in [0.717, 1.165) is 6.42 Å². The molecule has 1 unspecified atom stereocenters. The molecule has 1 aliphatic rings. The number of aliphatic hydroxyl groups is 1. The van der Waals surface area contributed by atoms with Gasteiger partial charge in [0.2, 0.25) is 0 Å². The van der Waals surface area contributed by atoms with E-state index in [0.29, 0.717) is 36.0 Å². The van der Waals surface area contributed by atoms with Gasteiger partial charge in [0.1, 0.15) is 5.82 Å². The van der Waals surface area contributed by atoms with Crippen LogP contribution >= 0.6 is 15.9 Å². The van der Waals surface area contributed by atoms with Gasteiger partial charge >= 0.3 is 0 Å². The highest BCUT2D eigenvalue weighted by Gasteiger charge is 2.28. The predicted molar refractivity (Wildman–Crippen MR) is 74.5 cm³/mol. The second kappa shape index (κ2) is 5.59. The number of halogens is 2. The summed E-state index contributed by atoms with van der Waals surface area (Å²) in [7, 11) is 0. The van der Waals surface area contributed by atoms with Gasteiger partial charge in [0.05, 0.1) is 11.2 Å². The third-order valence-corrected chi connectivity index (χ3v) is 4.20. The summed E-state index contributed by atoms with van der Waals surface area (Å²) in [5.74, 6) is -0.613. The number of carbonyl (C=O) groups is 1. The first kappa shape index (κ1) is 14.5. The van der Waals surface area contributed by atoms with Crippen LogP contribution in [-0.4, -0.2) is 34.6 Å². The molecule has 1 amide bonds. The van der Waals surface area contributed by atoms with Crippen molar-refractivity contribution in [1.29, 1.82) is 0 Å². The summed E-state index contributed by atoms with van der Waals surface area (Å²) in [5.41, 5.74) is -0.379. The Morgan fingerprint density at radius 3 is 2.89 bits per heavy atom. The number of amides is 1. The minimum absolute atomic E-state index is 0.191. The van der Waals surface area contributed by atoms with Crippen LogP contribution < -0.4 is 0 Å².